The predicted octanol–water partition coefficient (Wildman–Crippen LogP) is 4.00. The number of hydrogen-bond donors (Lipinski definition) is 1. The zero-order valence-corrected chi connectivity index (χ0v) is 10.8. The molecule has 0 bridgehead atoms. The average molecular weight is 321 g/mol. The molecule has 0 aliphatic rings. The van der Waals surface area contributed by atoms with Gasteiger partial charge in [0.25, 0.3) is 0 Å². The minimum atomic E-state index is -1.07. The molecule has 0 radical (unpaired) electrons. The van der Waals surface area contributed by atoms with Gasteiger partial charge in [0.15, 0.2) is 0 Å². The van der Waals surface area contributed by atoms with Crippen LogP contribution in [0.3, 0.4) is 0 Å². The summed E-state index contributed by atoms with van der Waals surface area (Å²) in [6.07, 6.45) is 0. The van der Waals surface area contributed by atoms with E-state index >= 15 is 0 Å². The molecule has 3 nitrogen and oxygen atoms in total. The van der Waals surface area contributed by atoms with E-state index in [2.05, 4.69) is 20.9 Å². The SMILES string of the molecule is O=C(O)c1cc(Cl)nc2c(Br)cc(Cl)cc12. The van der Waals surface area contributed by atoms with Crippen molar-refractivity contribution in [1.82, 2.24) is 4.98 Å². The Morgan fingerprint density at radius 1 is 1.31 bits per heavy atom. The molecule has 0 saturated carbocycles. The van der Waals surface area contributed by atoms with Crippen molar-refractivity contribution in [3.63, 3.8) is 0 Å². The minimum absolute atomic E-state index is 0.0817. The van der Waals surface area contributed by atoms with Crippen molar-refractivity contribution >= 4 is 56.0 Å². The van der Waals surface area contributed by atoms with Crippen LogP contribution in [0.5, 0.6) is 0 Å². The van der Waals surface area contributed by atoms with Crippen molar-refractivity contribution < 1.29 is 9.90 Å². The first kappa shape index (κ1) is 11.6. The fraction of sp³-hybridized carbons (Fsp3) is 0. The summed E-state index contributed by atoms with van der Waals surface area (Å²) >= 11 is 14.9. The van der Waals surface area contributed by atoms with E-state index < -0.39 is 5.97 Å². The second kappa shape index (κ2) is 4.20. The molecule has 0 unspecified atom stereocenters. The third kappa shape index (κ3) is 2.00. The summed E-state index contributed by atoms with van der Waals surface area (Å²) in [5, 5.41) is 10.1. The highest BCUT2D eigenvalue weighted by atomic mass is 79.9. The first-order chi connectivity index (χ1) is 7.49. The van der Waals surface area contributed by atoms with Crippen LogP contribution >= 0.6 is 39.1 Å². The lowest BCUT2D eigenvalue weighted by molar-refractivity contribution is 0.0699. The molecule has 16 heavy (non-hydrogen) atoms. The van der Waals surface area contributed by atoms with Crippen molar-refractivity contribution in [3.8, 4) is 0 Å². The monoisotopic (exact) mass is 319 g/mol. The Balaban J connectivity index is 2.95. The number of halogens is 3. The maximum absolute atomic E-state index is 11.0. The zero-order valence-electron chi connectivity index (χ0n) is 7.67. The summed E-state index contributed by atoms with van der Waals surface area (Å²) in [5.74, 6) is -1.07. The lowest BCUT2D eigenvalue weighted by Crippen LogP contribution is -1.99. The maximum Gasteiger partial charge on any atom is 0.336 e. The van der Waals surface area contributed by atoms with Gasteiger partial charge in [0.1, 0.15) is 5.15 Å². The molecule has 82 valence electrons. The Morgan fingerprint density at radius 2 is 2.00 bits per heavy atom. The Bertz CT molecular complexity index is 601. The van der Waals surface area contributed by atoms with Gasteiger partial charge < -0.3 is 5.11 Å². The van der Waals surface area contributed by atoms with E-state index in [4.69, 9.17) is 28.3 Å². The molecule has 2 aromatic rings. The lowest BCUT2D eigenvalue weighted by atomic mass is 10.1. The summed E-state index contributed by atoms with van der Waals surface area (Å²) in [7, 11) is 0. The highest BCUT2D eigenvalue weighted by Crippen LogP contribution is 2.30. The smallest absolute Gasteiger partial charge is 0.336 e. The zero-order chi connectivity index (χ0) is 11.9. The van der Waals surface area contributed by atoms with Gasteiger partial charge in [-0.05, 0) is 34.1 Å². The number of benzene rings is 1. The Hall–Kier alpha value is -0.840. The van der Waals surface area contributed by atoms with Gasteiger partial charge in [-0.25, -0.2) is 9.78 Å². The number of rotatable bonds is 1. The topological polar surface area (TPSA) is 50.2 Å². The van der Waals surface area contributed by atoms with Gasteiger partial charge in [0.2, 0.25) is 0 Å². The van der Waals surface area contributed by atoms with Crippen LogP contribution in [-0.4, -0.2) is 16.1 Å². The summed E-state index contributed by atoms with van der Waals surface area (Å²) in [5.41, 5.74) is 0.563. The molecular weight excluding hydrogens is 317 g/mol. The fourth-order valence-electron chi connectivity index (χ4n) is 1.40. The lowest BCUT2D eigenvalue weighted by Gasteiger charge is -2.05. The number of hydrogen-bond acceptors (Lipinski definition) is 2. The molecule has 1 aromatic carbocycles. The van der Waals surface area contributed by atoms with Crippen LogP contribution in [0.1, 0.15) is 10.4 Å². The van der Waals surface area contributed by atoms with Gasteiger partial charge in [-0.15, -0.1) is 0 Å². The quantitative estimate of drug-likeness (QED) is 0.808. The van der Waals surface area contributed by atoms with Crippen LogP contribution in [0.2, 0.25) is 10.2 Å². The van der Waals surface area contributed by atoms with E-state index in [0.717, 1.165) is 0 Å². The second-order valence-corrected chi connectivity index (χ2v) is 4.76. The molecule has 1 N–H and O–H groups in total. The van der Waals surface area contributed by atoms with E-state index in [0.29, 0.717) is 20.4 Å². The fourth-order valence-corrected chi connectivity index (χ4v) is 2.49. The molecular formula is C10H4BrCl2NO2. The molecule has 2 rings (SSSR count). The molecule has 0 spiro atoms. The number of fused-ring (bicyclic) bond motifs is 1. The molecule has 0 amide bonds. The Morgan fingerprint density at radius 3 is 2.62 bits per heavy atom. The molecule has 0 saturated heterocycles. The highest BCUT2D eigenvalue weighted by Gasteiger charge is 2.13. The van der Waals surface area contributed by atoms with Gasteiger partial charge in [0, 0.05) is 14.9 Å². The van der Waals surface area contributed by atoms with Crippen LogP contribution in [0.15, 0.2) is 22.7 Å². The standard InChI is InChI=1S/C10H4BrCl2NO2/c11-7-2-4(12)1-5-6(10(15)16)3-8(13)14-9(5)7/h1-3H,(H,15,16). The number of aromatic carboxylic acids is 1. The van der Waals surface area contributed by atoms with Crippen molar-refractivity contribution in [2.24, 2.45) is 0 Å². The van der Waals surface area contributed by atoms with E-state index in [9.17, 15) is 4.79 Å². The summed E-state index contributed by atoms with van der Waals surface area (Å²) in [4.78, 5) is 15.1. The number of aromatic nitrogens is 1. The van der Waals surface area contributed by atoms with Crippen molar-refractivity contribution in [2.45, 2.75) is 0 Å². The molecule has 0 aliphatic heterocycles. The third-order valence-corrected chi connectivity index (χ3v) is 3.05. The Labute approximate surface area is 109 Å². The first-order valence-corrected chi connectivity index (χ1v) is 5.72. The van der Waals surface area contributed by atoms with Crippen molar-refractivity contribution in [3.05, 3.63) is 38.4 Å². The third-order valence-electron chi connectivity index (χ3n) is 2.03. The second-order valence-electron chi connectivity index (χ2n) is 3.08. The number of carboxylic acid groups (broad SMARTS) is 1. The number of pyridine rings is 1. The van der Waals surface area contributed by atoms with Crippen LogP contribution in [0, 0.1) is 0 Å². The summed E-state index contributed by atoms with van der Waals surface area (Å²) in [6.45, 7) is 0. The van der Waals surface area contributed by atoms with Crippen LogP contribution in [0.25, 0.3) is 10.9 Å². The van der Waals surface area contributed by atoms with E-state index in [1.165, 1.54) is 6.07 Å². The van der Waals surface area contributed by atoms with Crippen molar-refractivity contribution in [1.29, 1.82) is 0 Å². The number of carboxylic acids is 1. The predicted molar refractivity (Wildman–Crippen MR) is 66.4 cm³/mol. The van der Waals surface area contributed by atoms with Crippen LogP contribution in [0.4, 0.5) is 0 Å². The van der Waals surface area contributed by atoms with E-state index in [-0.39, 0.29) is 10.7 Å². The molecule has 0 fully saturated rings. The van der Waals surface area contributed by atoms with E-state index in [1.807, 2.05) is 0 Å². The molecule has 6 heteroatoms. The maximum atomic E-state index is 11.0. The molecule has 0 aliphatic carbocycles. The highest BCUT2D eigenvalue weighted by molar-refractivity contribution is 9.10. The van der Waals surface area contributed by atoms with Gasteiger partial charge in [-0.2, -0.15) is 0 Å². The molecule has 1 heterocycles. The van der Waals surface area contributed by atoms with Gasteiger partial charge in [-0.1, -0.05) is 23.2 Å². The van der Waals surface area contributed by atoms with Crippen LogP contribution in [-0.2, 0) is 0 Å². The largest absolute Gasteiger partial charge is 0.478 e. The number of carbonyl (C=O) groups is 1. The molecule has 0 atom stereocenters. The van der Waals surface area contributed by atoms with E-state index in [1.54, 1.807) is 12.1 Å². The number of nitrogens with zero attached hydrogens (tertiary/aromatic N) is 1. The minimum Gasteiger partial charge on any atom is -0.478 e. The first-order valence-electron chi connectivity index (χ1n) is 4.17. The van der Waals surface area contributed by atoms with Gasteiger partial charge in [0.05, 0.1) is 11.1 Å². The molecule has 1 aromatic heterocycles. The van der Waals surface area contributed by atoms with Gasteiger partial charge in [-0.3, -0.25) is 0 Å². The van der Waals surface area contributed by atoms with Crippen LogP contribution < -0.4 is 0 Å². The van der Waals surface area contributed by atoms with Gasteiger partial charge >= 0.3 is 5.97 Å². The summed E-state index contributed by atoms with van der Waals surface area (Å²) < 4.78 is 0.611. The Kier molecular flexibility index (Phi) is 3.06. The normalized spacial score (nSPS) is 10.7. The average Bonchev–Trinajstić information content (AvgIpc) is 2.18. The summed E-state index contributed by atoms with van der Waals surface area (Å²) in [6, 6.07) is 4.49. The van der Waals surface area contributed by atoms with Crippen molar-refractivity contribution in [2.75, 3.05) is 0 Å².